The van der Waals surface area contributed by atoms with Crippen molar-refractivity contribution in [2.45, 2.75) is 5.54 Å². The normalized spacial score (nSPS) is 20.4. The van der Waals surface area contributed by atoms with Gasteiger partial charge < -0.3 is 15.2 Å². The van der Waals surface area contributed by atoms with Gasteiger partial charge in [0, 0.05) is 30.6 Å². The first-order valence-electron chi connectivity index (χ1n) is 7.91. The summed E-state index contributed by atoms with van der Waals surface area (Å²) in [5.74, 6) is 1.23. The van der Waals surface area contributed by atoms with Crippen LogP contribution < -0.4 is 10.5 Å². The molecule has 5 rings (SSSR count). The highest BCUT2D eigenvalue weighted by atomic mass is 16.5. The van der Waals surface area contributed by atoms with Crippen molar-refractivity contribution in [1.82, 2.24) is 14.8 Å². The quantitative estimate of drug-likeness (QED) is 0.737. The second-order valence-electron chi connectivity index (χ2n) is 6.14. The van der Waals surface area contributed by atoms with Crippen molar-refractivity contribution in [2.75, 3.05) is 6.61 Å². The van der Waals surface area contributed by atoms with E-state index in [0.29, 0.717) is 18.2 Å². The summed E-state index contributed by atoms with van der Waals surface area (Å²) in [6.07, 6.45) is 5.49. The van der Waals surface area contributed by atoms with Crippen molar-refractivity contribution in [3.05, 3.63) is 60.0 Å². The maximum atomic E-state index is 6.06. The highest BCUT2D eigenvalue weighted by Gasteiger charge is 2.49. The lowest BCUT2D eigenvalue weighted by molar-refractivity contribution is 0.263. The first kappa shape index (κ1) is 14.0. The number of rotatable bonds is 1. The van der Waals surface area contributed by atoms with Crippen LogP contribution in [0.3, 0.4) is 0 Å². The Morgan fingerprint density at radius 3 is 2.88 bits per heavy atom. The van der Waals surface area contributed by atoms with Crippen LogP contribution in [0.1, 0.15) is 11.1 Å². The zero-order valence-electron chi connectivity index (χ0n) is 13.5. The van der Waals surface area contributed by atoms with Crippen molar-refractivity contribution >= 4 is 6.02 Å². The summed E-state index contributed by atoms with van der Waals surface area (Å²) in [7, 11) is 1.88. The molecule has 1 spiro atoms. The summed E-state index contributed by atoms with van der Waals surface area (Å²) >= 11 is 0. The highest BCUT2D eigenvalue weighted by Crippen LogP contribution is 2.52. The average molecular weight is 333 g/mol. The number of hydrogen-bond acceptors (Lipinski definition) is 6. The van der Waals surface area contributed by atoms with E-state index >= 15 is 0 Å². The van der Waals surface area contributed by atoms with Crippen LogP contribution in [-0.4, -0.2) is 27.4 Å². The Bertz CT molecular complexity index is 1030. The molecule has 7 nitrogen and oxygen atoms in total. The number of aromatic nitrogens is 3. The molecular weight excluding hydrogens is 318 g/mol. The minimum atomic E-state index is -0.770. The van der Waals surface area contributed by atoms with Crippen molar-refractivity contribution in [3.8, 4) is 22.8 Å². The molecule has 0 saturated heterocycles. The molecule has 124 valence electrons. The molecule has 2 aliphatic heterocycles. The molecule has 1 atom stereocenters. The summed E-state index contributed by atoms with van der Waals surface area (Å²) in [6, 6.07) is 9.89. The molecule has 25 heavy (non-hydrogen) atoms. The number of benzene rings is 1. The highest BCUT2D eigenvalue weighted by molar-refractivity contribution is 5.80. The number of ether oxygens (including phenoxy) is 2. The van der Waals surface area contributed by atoms with E-state index in [2.05, 4.69) is 15.1 Å². The minimum absolute atomic E-state index is 0.170. The fraction of sp³-hybridized carbons (Fsp3) is 0.167. The van der Waals surface area contributed by atoms with Gasteiger partial charge in [-0.05, 0) is 17.7 Å². The second-order valence-corrected chi connectivity index (χ2v) is 6.14. The number of para-hydroxylation sites is 1. The molecule has 7 heteroatoms. The predicted octanol–water partition coefficient (Wildman–Crippen LogP) is 2.18. The molecule has 3 aromatic rings. The van der Waals surface area contributed by atoms with Gasteiger partial charge in [0.05, 0.1) is 11.8 Å². The standard InChI is InChI=1S/C18H15N5O2/c1-23-9-11(8-21-23)12-6-7-20-16-15(12)18(10-24-17(19)22-18)13-4-2-3-5-14(13)25-16/h2-9H,10H2,1H3,(H2,19,22). The molecular formula is C18H15N5O2. The van der Waals surface area contributed by atoms with Crippen LogP contribution in [0, 0.1) is 0 Å². The summed E-state index contributed by atoms with van der Waals surface area (Å²) in [5, 5.41) is 4.28. The minimum Gasteiger partial charge on any atom is -0.462 e. The number of aryl methyl sites for hydroxylation is 1. The van der Waals surface area contributed by atoms with E-state index in [1.807, 2.05) is 49.8 Å². The summed E-state index contributed by atoms with van der Waals surface area (Å²) < 4.78 is 13.4. The average Bonchev–Trinajstić information content (AvgIpc) is 3.22. The Balaban J connectivity index is 1.84. The molecule has 2 aliphatic rings. The molecule has 0 bridgehead atoms. The van der Waals surface area contributed by atoms with E-state index in [-0.39, 0.29) is 6.02 Å². The summed E-state index contributed by atoms with van der Waals surface area (Å²) in [5.41, 5.74) is 8.81. The van der Waals surface area contributed by atoms with Gasteiger partial charge in [0.2, 0.25) is 5.88 Å². The number of pyridine rings is 1. The van der Waals surface area contributed by atoms with E-state index < -0.39 is 5.54 Å². The lowest BCUT2D eigenvalue weighted by Crippen LogP contribution is -2.32. The Hall–Kier alpha value is -3.35. The van der Waals surface area contributed by atoms with Crippen LogP contribution in [0.4, 0.5) is 0 Å². The fourth-order valence-corrected chi connectivity index (χ4v) is 3.55. The first-order chi connectivity index (χ1) is 12.2. The van der Waals surface area contributed by atoms with Crippen LogP contribution in [0.15, 0.2) is 53.9 Å². The number of nitrogens with two attached hydrogens (primary N) is 1. The third kappa shape index (κ3) is 1.89. The van der Waals surface area contributed by atoms with Gasteiger partial charge in [-0.3, -0.25) is 4.68 Å². The van der Waals surface area contributed by atoms with Crippen LogP contribution >= 0.6 is 0 Å². The van der Waals surface area contributed by atoms with Crippen LogP contribution in [-0.2, 0) is 17.3 Å². The third-order valence-electron chi connectivity index (χ3n) is 4.61. The molecule has 2 aromatic heterocycles. The zero-order chi connectivity index (χ0) is 17.0. The first-order valence-corrected chi connectivity index (χ1v) is 7.91. The monoisotopic (exact) mass is 333 g/mol. The number of amidine groups is 1. The zero-order valence-corrected chi connectivity index (χ0v) is 13.5. The number of nitrogens with zero attached hydrogens (tertiary/aromatic N) is 4. The van der Waals surface area contributed by atoms with Gasteiger partial charge in [0.1, 0.15) is 12.4 Å². The molecule has 0 fully saturated rings. The largest absolute Gasteiger partial charge is 0.462 e. The molecule has 0 amide bonds. The lowest BCUT2D eigenvalue weighted by atomic mass is 9.79. The molecule has 1 aromatic carbocycles. The van der Waals surface area contributed by atoms with Gasteiger partial charge in [-0.15, -0.1) is 0 Å². The Morgan fingerprint density at radius 1 is 1.24 bits per heavy atom. The van der Waals surface area contributed by atoms with Crippen molar-refractivity contribution in [2.24, 2.45) is 17.8 Å². The Morgan fingerprint density at radius 2 is 2.12 bits per heavy atom. The van der Waals surface area contributed by atoms with E-state index in [1.54, 1.807) is 10.9 Å². The van der Waals surface area contributed by atoms with E-state index in [4.69, 9.17) is 15.2 Å². The van der Waals surface area contributed by atoms with Crippen molar-refractivity contribution in [3.63, 3.8) is 0 Å². The summed E-state index contributed by atoms with van der Waals surface area (Å²) in [6.45, 7) is 0.311. The van der Waals surface area contributed by atoms with Crippen LogP contribution in [0.2, 0.25) is 0 Å². The molecule has 2 N–H and O–H groups in total. The molecule has 0 aliphatic carbocycles. The van der Waals surface area contributed by atoms with Gasteiger partial charge in [-0.2, -0.15) is 5.10 Å². The summed E-state index contributed by atoms with van der Waals surface area (Å²) in [4.78, 5) is 9.12. The predicted molar refractivity (Wildman–Crippen MR) is 91.3 cm³/mol. The van der Waals surface area contributed by atoms with Crippen LogP contribution in [0.25, 0.3) is 11.1 Å². The molecule has 1 unspecified atom stereocenters. The Labute approximate surface area is 143 Å². The van der Waals surface area contributed by atoms with Crippen molar-refractivity contribution in [1.29, 1.82) is 0 Å². The number of aliphatic imine (C=N–C) groups is 1. The van der Waals surface area contributed by atoms with Crippen LogP contribution in [0.5, 0.6) is 11.6 Å². The fourth-order valence-electron chi connectivity index (χ4n) is 3.55. The second kappa shape index (κ2) is 4.83. The van der Waals surface area contributed by atoms with Crippen molar-refractivity contribution < 1.29 is 9.47 Å². The van der Waals surface area contributed by atoms with E-state index in [0.717, 1.165) is 22.3 Å². The third-order valence-corrected chi connectivity index (χ3v) is 4.61. The van der Waals surface area contributed by atoms with Gasteiger partial charge in [-0.25, -0.2) is 9.98 Å². The maximum Gasteiger partial charge on any atom is 0.283 e. The Kier molecular flexibility index (Phi) is 2.71. The van der Waals surface area contributed by atoms with Gasteiger partial charge >= 0.3 is 0 Å². The van der Waals surface area contributed by atoms with E-state index in [9.17, 15) is 0 Å². The van der Waals surface area contributed by atoms with Gasteiger partial charge in [-0.1, -0.05) is 18.2 Å². The molecule has 4 heterocycles. The lowest BCUT2D eigenvalue weighted by Gasteiger charge is -2.33. The molecule has 0 saturated carbocycles. The number of fused-ring (bicyclic) bond motifs is 4. The smallest absolute Gasteiger partial charge is 0.283 e. The SMILES string of the molecule is Cn1cc(-c2ccnc3c2C2(COC(N)=N2)c2ccccc2O3)cn1. The number of hydrogen-bond donors (Lipinski definition) is 1. The van der Waals surface area contributed by atoms with Gasteiger partial charge in [0.25, 0.3) is 6.02 Å². The molecule has 0 radical (unpaired) electrons. The van der Waals surface area contributed by atoms with E-state index in [1.165, 1.54) is 0 Å². The van der Waals surface area contributed by atoms with Gasteiger partial charge in [0.15, 0.2) is 5.54 Å². The maximum absolute atomic E-state index is 6.06. The topological polar surface area (TPSA) is 87.6 Å².